The molecule has 2 rings (SSSR count). The molecule has 20 heavy (non-hydrogen) atoms. The number of amides is 1. The molecule has 0 spiro atoms. The average Bonchev–Trinajstić information content (AvgIpc) is 2.46. The summed E-state index contributed by atoms with van der Waals surface area (Å²) in [5.74, 6) is 0.370. The molecule has 1 aliphatic rings. The van der Waals surface area contributed by atoms with E-state index in [0.717, 1.165) is 0 Å². The van der Waals surface area contributed by atoms with Gasteiger partial charge >= 0.3 is 0 Å². The fraction of sp³-hybridized carbons (Fsp3) is 0.357. The molecule has 0 atom stereocenters. The third kappa shape index (κ3) is 3.57. The molecule has 1 aromatic rings. The number of rotatable bonds is 4. The zero-order valence-electron chi connectivity index (χ0n) is 10.8. The van der Waals surface area contributed by atoms with E-state index in [0.29, 0.717) is 43.5 Å². The van der Waals surface area contributed by atoms with Crippen LogP contribution in [-0.4, -0.2) is 42.6 Å². The van der Waals surface area contributed by atoms with Gasteiger partial charge in [0.2, 0.25) is 0 Å². The Labute approximate surface area is 121 Å². The molecule has 106 valence electrons. The van der Waals surface area contributed by atoms with Gasteiger partial charge in [0.15, 0.2) is 6.61 Å². The number of benzene rings is 1. The van der Waals surface area contributed by atoms with Crippen LogP contribution in [0.3, 0.4) is 0 Å². The predicted molar refractivity (Wildman–Crippen MR) is 73.2 cm³/mol. The second-order valence-corrected chi connectivity index (χ2v) is 4.92. The maximum Gasteiger partial charge on any atom is 0.260 e. The van der Waals surface area contributed by atoms with Gasteiger partial charge in [-0.25, -0.2) is 0 Å². The zero-order valence-corrected chi connectivity index (χ0v) is 11.6. The van der Waals surface area contributed by atoms with Crippen LogP contribution < -0.4 is 4.74 Å². The van der Waals surface area contributed by atoms with Crippen LogP contribution in [0.1, 0.15) is 23.2 Å². The van der Waals surface area contributed by atoms with Gasteiger partial charge in [-0.3, -0.25) is 14.4 Å². The largest absolute Gasteiger partial charge is 0.482 e. The Balaban J connectivity index is 1.90. The number of hydrogen-bond acceptors (Lipinski definition) is 4. The number of piperidine rings is 1. The molecule has 0 radical (unpaired) electrons. The van der Waals surface area contributed by atoms with Crippen LogP contribution in [0.15, 0.2) is 18.2 Å². The van der Waals surface area contributed by atoms with E-state index in [9.17, 15) is 14.4 Å². The van der Waals surface area contributed by atoms with E-state index >= 15 is 0 Å². The summed E-state index contributed by atoms with van der Waals surface area (Å²) in [6.07, 6.45) is 1.49. The lowest BCUT2D eigenvalue weighted by molar-refractivity contribution is -0.136. The highest BCUT2D eigenvalue weighted by Crippen LogP contribution is 2.25. The minimum atomic E-state index is -0.173. The first-order valence-electron chi connectivity index (χ1n) is 6.27. The Morgan fingerprint density at radius 1 is 1.35 bits per heavy atom. The Bertz CT molecular complexity index is 534. The third-order valence-corrected chi connectivity index (χ3v) is 3.41. The molecule has 1 saturated heterocycles. The monoisotopic (exact) mass is 295 g/mol. The summed E-state index contributed by atoms with van der Waals surface area (Å²) in [5, 5.41) is 0.288. The summed E-state index contributed by atoms with van der Waals surface area (Å²) in [6, 6.07) is 4.60. The minimum Gasteiger partial charge on any atom is -0.482 e. The van der Waals surface area contributed by atoms with Gasteiger partial charge in [0.25, 0.3) is 5.91 Å². The normalized spacial score (nSPS) is 15.1. The van der Waals surface area contributed by atoms with Gasteiger partial charge in [-0.05, 0) is 18.2 Å². The average molecular weight is 296 g/mol. The van der Waals surface area contributed by atoms with Crippen LogP contribution in [0, 0.1) is 0 Å². The quantitative estimate of drug-likeness (QED) is 0.794. The zero-order chi connectivity index (χ0) is 14.5. The fourth-order valence-corrected chi connectivity index (χ4v) is 2.19. The lowest BCUT2D eigenvalue weighted by atomic mass is 10.1. The Kier molecular flexibility index (Phi) is 4.74. The molecule has 1 aromatic carbocycles. The molecule has 1 heterocycles. The van der Waals surface area contributed by atoms with E-state index < -0.39 is 0 Å². The molecule has 1 aliphatic heterocycles. The number of Topliss-reactive ketones (excluding diaryl/α,β-unsaturated/α-hetero) is 1. The number of halogens is 1. The molecule has 0 N–H and O–H groups in total. The van der Waals surface area contributed by atoms with E-state index in [2.05, 4.69) is 0 Å². The van der Waals surface area contributed by atoms with Crippen LogP contribution in [0.2, 0.25) is 5.02 Å². The van der Waals surface area contributed by atoms with Gasteiger partial charge in [-0.15, -0.1) is 0 Å². The molecule has 0 unspecified atom stereocenters. The number of hydrogen-bond donors (Lipinski definition) is 0. The number of ether oxygens (including phenoxy) is 1. The van der Waals surface area contributed by atoms with Crippen molar-refractivity contribution in [2.45, 2.75) is 12.8 Å². The molecular weight excluding hydrogens is 282 g/mol. The minimum absolute atomic E-state index is 0.131. The second kappa shape index (κ2) is 6.52. The molecular formula is C14H14ClNO4. The van der Waals surface area contributed by atoms with E-state index in [1.54, 1.807) is 17.0 Å². The lowest BCUT2D eigenvalue weighted by Crippen LogP contribution is -2.41. The van der Waals surface area contributed by atoms with Crippen LogP contribution in [0.25, 0.3) is 0 Å². The van der Waals surface area contributed by atoms with Crippen molar-refractivity contribution < 1.29 is 19.1 Å². The van der Waals surface area contributed by atoms with Gasteiger partial charge in [-0.1, -0.05) is 11.6 Å². The summed E-state index contributed by atoms with van der Waals surface area (Å²) in [7, 11) is 0. The van der Waals surface area contributed by atoms with Gasteiger partial charge in [0.1, 0.15) is 17.8 Å². The van der Waals surface area contributed by atoms with Gasteiger partial charge in [0, 0.05) is 31.5 Å². The number of carbonyl (C=O) groups is 3. The van der Waals surface area contributed by atoms with Crippen molar-refractivity contribution in [1.29, 1.82) is 0 Å². The van der Waals surface area contributed by atoms with Crippen molar-refractivity contribution in [3.63, 3.8) is 0 Å². The number of likely N-dealkylation sites (tertiary alicyclic amines) is 1. The smallest absolute Gasteiger partial charge is 0.260 e. The highest BCUT2D eigenvalue weighted by Gasteiger charge is 2.21. The topological polar surface area (TPSA) is 63.7 Å². The Hall–Kier alpha value is -1.88. The SMILES string of the molecule is O=Cc1ccc(OCC(=O)N2CCC(=O)CC2)c(Cl)c1. The third-order valence-electron chi connectivity index (χ3n) is 3.12. The number of carbonyl (C=O) groups excluding carboxylic acids is 3. The van der Waals surface area contributed by atoms with E-state index in [1.807, 2.05) is 0 Å². The molecule has 0 aliphatic carbocycles. The summed E-state index contributed by atoms with van der Waals surface area (Å²) in [4.78, 5) is 35.2. The number of aldehydes is 1. The molecule has 6 heteroatoms. The summed E-state index contributed by atoms with van der Waals surface area (Å²) < 4.78 is 5.35. The number of nitrogens with zero attached hydrogens (tertiary/aromatic N) is 1. The Morgan fingerprint density at radius 2 is 2.05 bits per heavy atom. The van der Waals surface area contributed by atoms with Crippen LogP contribution >= 0.6 is 11.6 Å². The van der Waals surface area contributed by atoms with Crippen molar-refractivity contribution >= 4 is 29.6 Å². The first kappa shape index (κ1) is 14.5. The fourth-order valence-electron chi connectivity index (χ4n) is 1.94. The summed E-state index contributed by atoms with van der Waals surface area (Å²) >= 11 is 5.94. The van der Waals surface area contributed by atoms with Crippen molar-refractivity contribution in [3.8, 4) is 5.75 Å². The maximum absolute atomic E-state index is 11.9. The van der Waals surface area contributed by atoms with E-state index in [1.165, 1.54) is 6.07 Å². The standard InChI is InChI=1S/C14H14ClNO4/c15-12-7-10(8-17)1-2-13(12)20-9-14(19)16-5-3-11(18)4-6-16/h1-2,7-8H,3-6,9H2. The lowest BCUT2D eigenvalue weighted by Gasteiger charge is -2.26. The first-order chi connectivity index (χ1) is 9.60. The number of ketones is 1. The highest BCUT2D eigenvalue weighted by molar-refractivity contribution is 6.32. The molecule has 0 bridgehead atoms. The van der Waals surface area contributed by atoms with Crippen molar-refractivity contribution in [3.05, 3.63) is 28.8 Å². The van der Waals surface area contributed by atoms with Crippen LogP contribution in [0.5, 0.6) is 5.75 Å². The van der Waals surface area contributed by atoms with Crippen molar-refractivity contribution in [1.82, 2.24) is 4.90 Å². The molecule has 0 aromatic heterocycles. The summed E-state index contributed by atoms with van der Waals surface area (Å²) in [5.41, 5.74) is 0.447. The first-order valence-corrected chi connectivity index (χ1v) is 6.65. The van der Waals surface area contributed by atoms with E-state index in [4.69, 9.17) is 16.3 Å². The predicted octanol–water partition coefficient (Wildman–Crippen LogP) is 1.72. The Morgan fingerprint density at radius 3 is 2.65 bits per heavy atom. The molecule has 0 saturated carbocycles. The molecule has 5 nitrogen and oxygen atoms in total. The van der Waals surface area contributed by atoms with Crippen LogP contribution in [-0.2, 0) is 9.59 Å². The van der Waals surface area contributed by atoms with Gasteiger partial charge < -0.3 is 9.64 Å². The maximum atomic E-state index is 11.9. The highest BCUT2D eigenvalue weighted by atomic mass is 35.5. The second-order valence-electron chi connectivity index (χ2n) is 4.52. The van der Waals surface area contributed by atoms with Crippen LogP contribution in [0.4, 0.5) is 0 Å². The van der Waals surface area contributed by atoms with E-state index in [-0.39, 0.29) is 23.3 Å². The summed E-state index contributed by atoms with van der Waals surface area (Å²) in [6.45, 7) is 0.756. The molecule has 1 fully saturated rings. The molecule has 1 amide bonds. The van der Waals surface area contributed by atoms with Gasteiger partial charge in [-0.2, -0.15) is 0 Å². The van der Waals surface area contributed by atoms with Crippen molar-refractivity contribution in [2.24, 2.45) is 0 Å². The van der Waals surface area contributed by atoms with Gasteiger partial charge in [0.05, 0.1) is 5.02 Å². The van der Waals surface area contributed by atoms with Crippen molar-refractivity contribution in [2.75, 3.05) is 19.7 Å².